The van der Waals surface area contributed by atoms with Crippen LogP contribution in [0.1, 0.15) is 50.9 Å². The predicted octanol–water partition coefficient (Wildman–Crippen LogP) is 1.22. The number of piperidine rings is 1. The van der Waals surface area contributed by atoms with Gasteiger partial charge in [-0.25, -0.2) is 4.68 Å². The van der Waals surface area contributed by atoms with Crippen molar-refractivity contribution in [3.05, 3.63) is 23.8 Å². The van der Waals surface area contributed by atoms with Crippen molar-refractivity contribution in [1.29, 1.82) is 0 Å². The number of hydrogen-bond acceptors (Lipinski definition) is 6. The molecule has 0 radical (unpaired) electrons. The summed E-state index contributed by atoms with van der Waals surface area (Å²) in [6, 6.07) is 0. The summed E-state index contributed by atoms with van der Waals surface area (Å²) in [5.41, 5.74) is 1.02. The summed E-state index contributed by atoms with van der Waals surface area (Å²) in [5.74, 6) is 1.74. The van der Waals surface area contributed by atoms with E-state index in [9.17, 15) is 4.79 Å². The highest BCUT2D eigenvalue weighted by Gasteiger charge is 2.18. The molecular weight excluding hydrogens is 344 g/mol. The summed E-state index contributed by atoms with van der Waals surface area (Å²) in [7, 11) is 0. The molecule has 1 saturated heterocycles. The Hall–Kier alpha value is -2.29. The molecule has 1 aliphatic rings. The monoisotopic (exact) mass is 374 g/mol. The predicted molar refractivity (Wildman–Crippen MR) is 100 cm³/mol. The Kier molecular flexibility index (Phi) is 6.92. The standard InChI is InChI=1S/C18H30N8O/c1-3-25-13-16(12-20-25)11-19-18(27)5-4-8-26-17(21-22-23-26)14-24-9-6-15(2)7-10-24/h12-13,15H,3-11,14H2,1-2H3,(H,19,27). The van der Waals surface area contributed by atoms with Gasteiger partial charge >= 0.3 is 0 Å². The SMILES string of the molecule is CCn1cc(CNC(=O)CCCn2nnnc2CN2CCC(C)CC2)cn1. The van der Waals surface area contributed by atoms with Crippen LogP contribution in [0.3, 0.4) is 0 Å². The van der Waals surface area contributed by atoms with Crippen molar-refractivity contribution in [2.24, 2.45) is 5.92 Å². The Morgan fingerprint density at radius 1 is 1.33 bits per heavy atom. The van der Waals surface area contributed by atoms with Crippen molar-refractivity contribution < 1.29 is 4.79 Å². The number of aryl methyl sites for hydroxylation is 2. The van der Waals surface area contributed by atoms with E-state index in [-0.39, 0.29) is 5.91 Å². The molecule has 3 heterocycles. The van der Waals surface area contributed by atoms with Gasteiger partial charge in [0.15, 0.2) is 5.82 Å². The first-order valence-corrected chi connectivity index (χ1v) is 9.89. The summed E-state index contributed by atoms with van der Waals surface area (Å²) in [6.07, 6.45) is 7.39. The number of likely N-dealkylation sites (tertiary alicyclic amines) is 1. The van der Waals surface area contributed by atoms with Crippen LogP contribution in [0.25, 0.3) is 0 Å². The largest absolute Gasteiger partial charge is 0.352 e. The molecule has 27 heavy (non-hydrogen) atoms. The summed E-state index contributed by atoms with van der Waals surface area (Å²) in [5, 5.41) is 19.2. The Morgan fingerprint density at radius 2 is 2.15 bits per heavy atom. The van der Waals surface area contributed by atoms with Crippen LogP contribution in [0.4, 0.5) is 0 Å². The van der Waals surface area contributed by atoms with Gasteiger partial charge in [-0.2, -0.15) is 5.10 Å². The summed E-state index contributed by atoms with van der Waals surface area (Å²) < 4.78 is 3.68. The highest BCUT2D eigenvalue weighted by atomic mass is 16.1. The minimum Gasteiger partial charge on any atom is -0.352 e. The van der Waals surface area contributed by atoms with Gasteiger partial charge < -0.3 is 5.32 Å². The molecular formula is C18H30N8O. The maximum Gasteiger partial charge on any atom is 0.220 e. The molecule has 0 aromatic carbocycles. The van der Waals surface area contributed by atoms with Gasteiger partial charge in [0.2, 0.25) is 5.91 Å². The van der Waals surface area contributed by atoms with Crippen LogP contribution in [0.5, 0.6) is 0 Å². The third kappa shape index (κ3) is 5.85. The van der Waals surface area contributed by atoms with Gasteiger partial charge in [-0.05, 0) is 55.6 Å². The average Bonchev–Trinajstić information content (AvgIpc) is 3.31. The molecule has 3 rings (SSSR count). The molecule has 0 unspecified atom stereocenters. The van der Waals surface area contributed by atoms with E-state index < -0.39 is 0 Å². The lowest BCUT2D eigenvalue weighted by atomic mass is 9.99. The zero-order valence-corrected chi connectivity index (χ0v) is 16.3. The molecule has 9 nitrogen and oxygen atoms in total. The number of carbonyl (C=O) groups excluding carboxylic acids is 1. The molecule has 148 valence electrons. The minimum atomic E-state index is 0.0406. The van der Waals surface area contributed by atoms with Gasteiger partial charge in [-0.1, -0.05) is 6.92 Å². The first-order valence-electron chi connectivity index (χ1n) is 9.89. The van der Waals surface area contributed by atoms with Crippen molar-refractivity contribution in [3.8, 4) is 0 Å². The number of tetrazole rings is 1. The first-order chi connectivity index (χ1) is 13.1. The zero-order valence-electron chi connectivity index (χ0n) is 16.3. The van der Waals surface area contributed by atoms with E-state index in [1.54, 1.807) is 6.20 Å². The van der Waals surface area contributed by atoms with E-state index in [4.69, 9.17) is 0 Å². The minimum absolute atomic E-state index is 0.0406. The number of aromatic nitrogens is 6. The Balaban J connectivity index is 1.37. The quantitative estimate of drug-likeness (QED) is 0.709. The first kappa shape index (κ1) is 19.5. The highest BCUT2D eigenvalue weighted by Crippen LogP contribution is 2.17. The number of carbonyl (C=O) groups is 1. The van der Waals surface area contributed by atoms with Gasteiger partial charge in [0.05, 0.1) is 12.7 Å². The van der Waals surface area contributed by atoms with Gasteiger partial charge in [-0.3, -0.25) is 14.4 Å². The zero-order chi connectivity index (χ0) is 19.1. The molecule has 0 bridgehead atoms. The third-order valence-corrected chi connectivity index (χ3v) is 5.12. The van der Waals surface area contributed by atoms with Gasteiger partial charge in [0.25, 0.3) is 0 Å². The maximum atomic E-state index is 12.0. The van der Waals surface area contributed by atoms with Crippen molar-refractivity contribution in [3.63, 3.8) is 0 Å². The third-order valence-electron chi connectivity index (χ3n) is 5.12. The summed E-state index contributed by atoms with van der Waals surface area (Å²) >= 11 is 0. The van der Waals surface area contributed by atoms with Gasteiger partial charge in [-0.15, -0.1) is 5.10 Å². The number of nitrogens with one attached hydrogen (secondary N) is 1. The fourth-order valence-electron chi connectivity index (χ4n) is 3.28. The Bertz CT molecular complexity index is 717. The van der Waals surface area contributed by atoms with Crippen molar-refractivity contribution in [1.82, 2.24) is 40.2 Å². The van der Waals surface area contributed by atoms with Crippen LogP contribution in [0, 0.1) is 5.92 Å². The normalized spacial score (nSPS) is 15.9. The number of hydrogen-bond donors (Lipinski definition) is 1. The molecule has 2 aromatic rings. The van der Waals surface area contributed by atoms with E-state index in [1.807, 2.05) is 22.5 Å². The van der Waals surface area contributed by atoms with Crippen molar-refractivity contribution in [2.75, 3.05) is 13.1 Å². The molecule has 9 heteroatoms. The van der Waals surface area contributed by atoms with E-state index in [2.05, 4.69) is 37.8 Å². The molecule has 0 atom stereocenters. The number of nitrogens with zero attached hydrogens (tertiary/aromatic N) is 7. The summed E-state index contributed by atoms with van der Waals surface area (Å²) in [6.45, 7) is 9.34. The second kappa shape index (κ2) is 9.59. The van der Waals surface area contributed by atoms with Gasteiger partial charge in [0, 0.05) is 37.8 Å². The van der Waals surface area contributed by atoms with Crippen LogP contribution >= 0.6 is 0 Å². The fraction of sp³-hybridized carbons (Fsp3) is 0.722. The molecule has 1 N–H and O–H groups in total. The molecule has 1 aliphatic heterocycles. The smallest absolute Gasteiger partial charge is 0.220 e. The number of amides is 1. The van der Waals surface area contributed by atoms with Crippen LogP contribution in [-0.4, -0.2) is 53.9 Å². The molecule has 1 fully saturated rings. The van der Waals surface area contributed by atoms with Crippen LogP contribution in [-0.2, 0) is 31.0 Å². The van der Waals surface area contributed by atoms with Crippen molar-refractivity contribution in [2.45, 2.75) is 65.7 Å². The fourth-order valence-corrected chi connectivity index (χ4v) is 3.28. The van der Waals surface area contributed by atoms with Crippen LogP contribution in [0.2, 0.25) is 0 Å². The lowest BCUT2D eigenvalue weighted by Crippen LogP contribution is -2.33. The lowest BCUT2D eigenvalue weighted by molar-refractivity contribution is -0.121. The topological polar surface area (TPSA) is 93.8 Å². The average molecular weight is 374 g/mol. The number of rotatable bonds is 9. The lowest BCUT2D eigenvalue weighted by Gasteiger charge is -2.29. The second-order valence-corrected chi connectivity index (χ2v) is 7.36. The molecule has 0 saturated carbocycles. The van der Waals surface area contributed by atoms with Crippen LogP contribution < -0.4 is 5.32 Å². The van der Waals surface area contributed by atoms with Gasteiger partial charge in [0.1, 0.15) is 0 Å². The highest BCUT2D eigenvalue weighted by molar-refractivity contribution is 5.75. The van der Waals surface area contributed by atoms with E-state index in [0.717, 1.165) is 49.9 Å². The summed E-state index contributed by atoms with van der Waals surface area (Å²) in [4.78, 5) is 14.5. The molecule has 2 aromatic heterocycles. The molecule has 1 amide bonds. The van der Waals surface area contributed by atoms with E-state index in [0.29, 0.717) is 19.5 Å². The Labute approximate surface area is 160 Å². The molecule has 0 spiro atoms. The maximum absolute atomic E-state index is 12.0. The van der Waals surface area contributed by atoms with E-state index >= 15 is 0 Å². The van der Waals surface area contributed by atoms with Crippen LogP contribution in [0.15, 0.2) is 12.4 Å². The van der Waals surface area contributed by atoms with Crippen molar-refractivity contribution >= 4 is 5.91 Å². The van der Waals surface area contributed by atoms with E-state index in [1.165, 1.54) is 12.8 Å². The molecule has 0 aliphatic carbocycles. The second-order valence-electron chi connectivity index (χ2n) is 7.36. The Morgan fingerprint density at radius 3 is 2.89 bits per heavy atom.